The van der Waals surface area contributed by atoms with E-state index in [1.54, 1.807) is 12.3 Å². The Bertz CT molecular complexity index is 774. The molecule has 2 aliphatic carbocycles. The summed E-state index contributed by atoms with van der Waals surface area (Å²) in [4.78, 5) is 14.9. The van der Waals surface area contributed by atoms with Crippen LogP contribution in [0.15, 0.2) is 48.7 Å². The lowest BCUT2D eigenvalue weighted by Crippen LogP contribution is -2.45. The monoisotopic (exact) mass is 351 g/mol. The summed E-state index contributed by atoms with van der Waals surface area (Å²) in [5, 5.41) is 16.3. The van der Waals surface area contributed by atoms with Gasteiger partial charge in [-0.2, -0.15) is 0 Å². The number of pyridine rings is 1. The summed E-state index contributed by atoms with van der Waals surface area (Å²) in [6.07, 6.45) is 6.47. The number of nitrogens with zero attached hydrogens (tertiary/aromatic N) is 1. The van der Waals surface area contributed by atoms with Gasteiger partial charge in [0.15, 0.2) is 0 Å². The highest BCUT2D eigenvalue weighted by atomic mass is 16.4. The number of carbonyl (C=O) groups is 1. The van der Waals surface area contributed by atoms with E-state index in [0.29, 0.717) is 12.0 Å². The van der Waals surface area contributed by atoms with Gasteiger partial charge >= 0.3 is 5.97 Å². The summed E-state index contributed by atoms with van der Waals surface area (Å²) in [6, 6.07) is 14.8. The average molecular weight is 351 g/mol. The van der Waals surface area contributed by atoms with Crippen LogP contribution in [0.1, 0.15) is 47.7 Å². The fraction of sp³-hybridized carbons (Fsp3) is 0.429. The maximum absolute atomic E-state index is 11.1. The first kappa shape index (κ1) is 17.0. The maximum atomic E-state index is 11.1. The minimum Gasteiger partial charge on any atom is -0.477 e. The van der Waals surface area contributed by atoms with Gasteiger partial charge in [-0.05, 0) is 37.0 Å². The van der Waals surface area contributed by atoms with Gasteiger partial charge in [0, 0.05) is 42.3 Å². The fourth-order valence-corrected chi connectivity index (χ4v) is 3.88. The largest absolute Gasteiger partial charge is 0.477 e. The minimum atomic E-state index is -0.991. The number of anilines is 1. The Labute approximate surface area is 153 Å². The molecule has 0 aliphatic heterocycles. The van der Waals surface area contributed by atoms with Crippen molar-refractivity contribution >= 4 is 11.7 Å². The van der Waals surface area contributed by atoms with Gasteiger partial charge in [0.05, 0.1) is 0 Å². The Balaban J connectivity index is 1.30. The molecule has 5 heteroatoms. The van der Waals surface area contributed by atoms with E-state index in [4.69, 9.17) is 5.11 Å². The first-order valence-electron chi connectivity index (χ1n) is 9.37. The third-order valence-electron chi connectivity index (χ3n) is 5.82. The lowest BCUT2D eigenvalue weighted by atomic mass is 9.68. The Hall–Kier alpha value is -2.40. The van der Waals surface area contributed by atoms with E-state index in [1.807, 2.05) is 6.07 Å². The molecule has 1 aromatic heterocycles. The zero-order valence-electron chi connectivity index (χ0n) is 14.8. The van der Waals surface area contributed by atoms with Crippen LogP contribution in [0.3, 0.4) is 0 Å². The van der Waals surface area contributed by atoms with Gasteiger partial charge in [-0.1, -0.05) is 36.8 Å². The standard InChI is InChI=1S/C21H25N3O2/c25-20(26)19-11-16(7-10-22-19)23-13-21(8-4-9-21)14-24-18-12-17(18)15-5-2-1-3-6-15/h1-3,5-7,10-11,17-18,24H,4,8-9,12-14H2,(H,22,23)(H,25,26)/t17-,18+/m1/s1. The molecule has 1 heterocycles. The fourth-order valence-electron chi connectivity index (χ4n) is 3.88. The zero-order valence-corrected chi connectivity index (χ0v) is 14.8. The predicted octanol–water partition coefficient (Wildman–Crippen LogP) is 3.51. The molecule has 26 heavy (non-hydrogen) atoms. The van der Waals surface area contributed by atoms with E-state index in [1.165, 1.54) is 31.2 Å². The Morgan fingerprint density at radius 3 is 2.69 bits per heavy atom. The van der Waals surface area contributed by atoms with Crippen molar-refractivity contribution in [3.8, 4) is 0 Å². The van der Waals surface area contributed by atoms with Crippen LogP contribution in [0, 0.1) is 5.41 Å². The second kappa shape index (κ2) is 7.08. The van der Waals surface area contributed by atoms with Crippen molar-refractivity contribution in [2.45, 2.75) is 37.6 Å². The first-order valence-corrected chi connectivity index (χ1v) is 9.37. The number of hydrogen-bond donors (Lipinski definition) is 3. The van der Waals surface area contributed by atoms with Crippen molar-refractivity contribution in [3.63, 3.8) is 0 Å². The summed E-state index contributed by atoms with van der Waals surface area (Å²) in [5.74, 6) is -0.339. The van der Waals surface area contributed by atoms with Crippen molar-refractivity contribution in [1.82, 2.24) is 10.3 Å². The number of aromatic nitrogens is 1. The molecule has 2 aliphatic rings. The van der Waals surface area contributed by atoms with Gasteiger partial charge in [-0.25, -0.2) is 9.78 Å². The number of nitrogens with one attached hydrogen (secondary N) is 2. The first-order chi connectivity index (χ1) is 12.7. The van der Waals surface area contributed by atoms with Crippen LogP contribution in [-0.2, 0) is 0 Å². The Morgan fingerprint density at radius 1 is 1.19 bits per heavy atom. The van der Waals surface area contributed by atoms with E-state index in [2.05, 4.69) is 45.9 Å². The molecule has 0 radical (unpaired) electrons. The number of carboxylic acid groups (broad SMARTS) is 1. The smallest absolute Gasteiger partial charge is 0.354 e. The number of rotatable bonds is 8. The topological polar surface area (TPSA) is 74.2 Å². The predicted molar refractivity (Wildman–Crippen MR) is 102 cm³/mol. The summed E-state index contributed by atoms with van der Waals surface area (Å²) in [6.45, 7) is 1.89. The van der Waals surface area contributed by atoms with Crippen LogP contribution < -0.4 is 10.6 Å². The SMILES string of the molecule is O=C(O)c1cc(NCC2(CN[C@H]3C[C@@H]3c3ccccc3)CCC2)ccn1. The van der Waals surface area contributed by atoms with E-state index in [0.717, 1.165) is 18.8 Å². The lowest BCUT2D eigenvalue weighted by molar-refractivity contribution is 0.0690. The normalized spacial score (nSPS) is 23.1. The van der Waals surface area contributed by atoms with Gasteiger partial charge in [0.2, 0.25) is 0 Å². The molecule has 0 bridgehead atoms. The molecule has 136 valence electrons. The number of carboxylic acids is 1. The molecule has 0 amide bonds. The van der Waals surface area contributed by atoms with Crippen LogP contribution in [-0.4, -0.2) is 35.2 Å². The van der Waals surface area contributed by atoms with Crippen molar-refractivity contribution in [2.24, 2.45) is 5.41 Å². The van der Waals surface area contributed by atoms with Crippen molar-refractivity contribution in [3.05, 3.63) is 59.9 Å². The minimum absolute atomic E-state index is 0.0828. The van der Waals surface area contributed by atoms with E-state index < -0.39 is 5.97 Å². The Morgan fingerprint density at radius 2 is 2.00 bits per heavy atom. The molecular formula is C21H25N3O2. The highest BCUT2D eigenvalue weighted by Crippen LogP contribution is 2.44. The summed E-state index contributed by atoms with van der Waals surface area (Å²) >= 11 is 0. The molecule has 2 atom stereocenters. The second-order valence-corrected chi connectivity index (χ2v) is 7.68. The molecule has 5 nitrogen and oxygen atoms in total. The maximum Gasteiger partial charge on any atom is 0.354 e. The Kier molecular flexibility index (Phi) is 4.64. The van der Waals surface area contributed by atoms with Crippen LogP contribution in [0.2, 0.25) is 0 Å². The van der Waals surface area contributed by atoms with E-state index in [-0.39, 0.29) is 11.1 Å². The number of aromatic carboxylic acids is 1. The van der Waals surface area contributed by atoms with Gasteiger partial charge in [-0.3, -0.25) is 0 Å². The summed E-state index contributed by atoms with van der Waals surface area (Å²) < 4.78 is 0. The van der Waals surface area contributed by atoms with E-state index >= 15 is 0 Å². The van der Waals surface area contributed by atoms with Gasteiger partial charge in [0.1, 0.15) is 5.69 Å². The molecular weight excluding hydrogens is 326 g/mol. The number of hydrogen-bond acceptors (Lipinski definition) is 4. The highest BCUT2D eigenvalue weighted by molar-refractivity contribution is 5.86. The average Bonchev–Trinajstić information content (AvgIpc) is 3.41. The van der Waals surface area contributed by atoms with Gasteiger partial charge in [0.25, 0.3) is 0 Å². The third kappa shape index (κ3) is 3.73. The van der Waals surface area contributed by atoms with Gasteiger partial charge in [-0.15, -0.1) is 0 Å². The molecule has 4 rings (SSSR count). The highest BCUT2D eigenvalue weighted by Gasteiger charge is 2.42. The molecule has 0 saturated heterocycles. The zero-order chi connectivity index (χ0) is 18.0. The molecule has 2 saturated carbocycles. The quantitative estimate of drug-likeness (QED) is 0.679. The van der Waals surface area contributed by atoms with Crippen LogP contribution in [0.4, 0.5) is 5.69 Å². The third-order valence-corrected chi connectivity index (χ3v) is 5.82. The molecule has 0 unspecified atom stereocenters. The van der Waals surface area contributed by atoms with Gasteiger partial charge < -0.3 is 15.7 Å². The molecule has 0 spiro atoms. The molecule has 1 aromatic carbocycles. The van der Waals surface area contributed by atoms with E-state index in [9.17, 15) is 4.79 Å². The van der Waals surface area contributed by atoms with Crippen LogP contribution in [0.5, 0.6) is 0 Å². The van der Waals surface area contributed by atoms with Crippen LogP contribution >= 0.6 is 0 Å². The van der Waals surface area contributed by atoms with Crippen molar-refractivity contribution in [2.75, 3.05) is 18.4 Å². The number of benzene rings is 1. The van der Waals surface area contributed by atoms with Crippen molar-refractivity contribution < 1.29 is 9.90 Å². The molecule has 3 N–H and O–H groups in total. The summed E-state index contributed by atoms with van der Waals surface area (Å²) in [5.41, 5.74) is 2.62. The van der Waals surface area contributed by atoms with Crippen LogP contribution in [0.25, 0.3) is 0 Å². The molecule has 2 fully saturated rings. The lowest BCUT2D eigenvalue weighted by Gasteiger charge is -2.42. The molecule has 2 aromatic rings. The van der Waals surface area contributed by atoms with Crippen molar-refractivity contribution in [1.29, 1.82) is 0 Å². The second-order valence-electron chi connectivity index (χ2n) is 7.68. The summed E-state index contributed by atoms with van der Waals surface area (Å²) in [7, 11) is 0.